The highest BCUT2D eigenvalue weighted by Crippen LogP contribution is 2.27. The molecule has 0 amide bonds. The van der Waals surface area contributed by atoms with Crippen molar-refractivity contribution in [2.75, 3.05) is 32.9 Å². The zero-order valence-corrected chi connectivity index (χ0v) is 14.0. The van der Waals surface area contributed by atoms with Gasteiger partial charge in [-0.25, -0.2) is 13.2 Å². The molecule has 0 aromatic carbocycles. The van der Waals surface area contributed by atoms with Crippen LogP contribution in [0.25, 0.3) is 0 Å². The number of rotatable bonds is 4. The quantitative estimate of drug-likeness (QED) is 0.839. The highest BCUT2D eigenvalue weighted by molar-refractivity contribution is 7.89. The summed E-state index contributed by atoms with van der Waals surface area (Å²) >= 11 is 0. The minimum absolute atomic E-state index is 0.164. The number of carbonyl (C=O) groups is 1. The summed E-state index contributed by atoms with van der Waals surface area (Å²) in [5.74, 6) is -0.538. The maximum atomic E-state index is 12.9. The van der Waals surface area contributed by atoms with E-state index >= 15 is 0 Å². The predicted octanol–water partition coefficient (Wildman–Crippen LogP) is 1.22. The lowest BCUT2D eigenvalue weighted by atomic mass is 10.2. The zero-order valence-electron chi connectivity index (χ0n) is 13.1. The summed E-state index contributed by atoms with van der Waals surface area (Å²) in [7, 11) is -3.66. The molecule has 8 heteroatoms. The number of nitrogens with zero attached hydrogens (tertiary/aromatic N) is 1. The molecule has 0 unspecified atom stereocenters. The molecule has 0 spiro atoms. The van der Waals surface area contributed by atoms with Gasteiger partial charge in [0.25, 0.3) is 0 Å². The van der Waals surface area contributed by atoms with Crippen LogP contribution in [-0.4, -0.2) is 56.6 Å². The molecule has 2 rings (SSSR count). The van der Waals surface area contributed by atoms with Gasteiger partial charge in [-0.05, 0) is 27.2 Å². The van der Waals surface area contributed by atoms with Crippen molar-refractivity contribution in [2.24, 2.45) is 0 Å². The Bertz CT molecular complexity index is 642. The molecule has 1 N–H and O–H groups in total. The second-order valence-corrected chi connectivity index (χ2v) is 7.04. The van der Waals surface area contributed by atoms with E-state index in [1.165, 1.54) is 4.31 Å². The zero-order chi connectivity index (χ0) is 16.3. The Labute approximate surface area is 130 Å². The van der Waals surface area contributed by atoms with Crippen molar-refractivity contribution in [1.29, 1.82) is 0 Å². The lowest BCUT2D eigenvalue weighted by molar-refractivity contribution is 0.0519. The van der Waals surface area contributed by atoms with Crippen molar-refractivity contribution in [2.45, 2.75) is 32.1 Å². The monoisotopic (exact) mass is 330 g/mol. The smallest absolute Gasteiger partial charge is 0.355 e. The van der Waals surface area contributed by atoms with Crippen LogP contribution in [0, 0.1) is 13.8 Å². The molecule has 0 bridgehead atoms. The first-order valence-electron chi connectivity index (χ1n) is 7.33. The summed E-state index contributed by atoms with van der Waals surface area (Å²) in [4.78, 5) is 14.9. The molecule has 0 radical (unpaired) electrons. The van der Waals surface area contributed by atoms with Crippen LogP contribution in [0.4, 0.5) is 0 Å². The van der Waals surface area contributed by atoms with Gasteiger partial charge in [0.15, 0.2) is 0 Å². The van der Waals surface area contributed by atoms with Gasteiger partial charge in [0, 0.05) is 31.0 Å². The van der Waals surface area contributed by atoms with E-state index in [-0.39, 0.29) is 17.2 Å². The number of nitrogens with one attached hydrogen (secondary N) is 1. The first-order valence-corrected chi connectivity index (χ1v) is 8.77. The molecule has 1 saturated heterocycles. The van der Waals surface area contributed by atoms with E-state index in [9.17, 15) is 13.2 Å². The minimum Gasteiger partial charge on any atom is -0.461 e. The van der Waals surface area contributed by atoms with Gasteiger partial charge >= 0.3 is 5.97 Å². The number of sulfonamides is 1. The van der Waals surface area contributed by atoms with E-state index in [1.54, 1.807) is 20.8 Å². The molecule has 124 valence electrons. The third-order valence-electron chi connectivity index (χ3n) is 3.63. The molecule has 1 aromatic rings. The number of aromatic amines is 1. The fraction of sp³-hybridized carbons (Fsp3) is 0.643. The van der Waals surface area contributed by atoms with E-state index in [4.69, 9.17) is 9.47 Å². The molecule has 0 atom stereocenters. The molecule has 1 aliphatic heterocycles. The van der Waals surface area contributed by atoms with Crippen molar-refractivity contribution in [3.8, 4) is 0 Å². The van der Waals surface area contributed by atoms with Gasteiger partial charge < -0.3 is 14.5 Å². The van der Waals surface area contributed by atoms with E-state index in [0.29, 0.717) is 44.0 Å². The molecule has 1 fully saturated rings. The summed E-state index contributed by atoms with van der Waals surface area (Å²) in [5.41, 5.74) is 1.05. The highest BCUT2D eigenvalue weighted by Gasteiger charge is 2.32. The summed E-state index contributed by atoms with van der Waals surface area (Å²) in [5, 5.41) is 0. The molecule has 0 saturated carbocycles. The van der Waals surface area contributed by atoms with Crippen LogP contribution in [-0.2, 0) is 19.5 Å². The van der Waals surface area contributed by atoms with Crippen molar-refractivity contribution in [3.63, 3.8) is 0 Å². The Morgan fingerprint density at radius 1 is 1.32 bits per heavy atom. The Balaban J connectivity index is 2.40. The summed E-state index contributed by atoms with van der Waals surface area (Å²) in [6.45, 7) is 6.90. The lowest BCUT2D eigenvalue weighted by Crippen LogP contribution is -2.33. The van der Waals surface area contributed by atoms with Crippen LogP contribution in [0.1, 0.15) is 35.1 Å². The number of hydrogen-bond acceptors (Lipinski definition) is 5. The van der Waals surface area contributed by atoms with Gasteiger partial charge in [-0.1, -0.05) is 0 Å². The molecule has 7 nitrogen and oxygen atoms in total. The van der Waals surface area contributed by atoms with Gasteiger partial charge in [-0.15, -0.1) is 0 Å². The molecule has 22 heavy (non-hydrogen) atoms. The lowest BCUT2D eigenvalue weighted by Gasteiger charge is -2.19. The third-order valence-corrected chi connectivity index (χ3v) is 5.80. The fourth-order valence-corrected chi connectivity index (χ4v) is 4.49. The van der Waals surface area contributed by atoms with Gasteiger partial charge in [-0.2, -0.15) is 4.31 Å². The minimum atomic E-state index is -3.66. The summed E-state index contributed by atoms with van der Waals surface area (Å²) in [6, 6.07) is 0. The van der Waals surface area contributed by atoms with Crippen LogP contribution in [0.3, 0.4) is 0 Å². The van der Waals surface area contributed by atoms with Crippen LogP contribution in [0.2, 0.25) is 0 Å². The van der Waals surface area contributed by atoms with Crippen LogP contribution in [0.5, 0.6) is 0 Å². The van der Waals surface area contributed by atoms with Crippen LogP contribution in [0.15, 0.2) is 4.90 Å². The molecule has 1 aliphatic rings. The number of aryl methyl sites for hydroxylation is 1. The average Bonchev–Trinajstić information content (AvgIpc) is 2.66. The van der Waals surface area contributed by atoms with Crippen molar-refractivity contribution >= 4 is 16.0 Å². The normalized spacial score (nSPS) is 17.2. The van der Waals surface area contributed by atoms with E-state index < -0.39 is 16.0 Å². The van der Waals surface area contributed by atoms with Gasteiger partial charge in [0.2, 0.25) is 10.0 Å². The number of hydrogen-bond donors (Lipinski definition) is 1. The van der Waals surface area contributed by atoms with E-state index in [2.05, 4.69) is 4.98 Å². The molecule has 0 aliphatic carbocycles. The summed E-state index contributed by atoms with van der Waals surface area (Å²) in [6.07, 6.45) is 0.659. The Kier molecular flexibility index (Phi) is 5.25. The van der Waals surface area contributed by atoms with Crippen molar-refractivity contribution < 1.29 is 22.7 Å². The standard InChI is InChI=1S/C14H22N2O5S/c1-4-21-14(17)12-10(2)13(11(3)15-12)22(18,19)16-6-5-8-20-9-7-16/h15H,4-9H2,1-3H3. The fourth-order valence-electron chi connectivity index (χ4n) is 2.62. The number of esters is 1. The molecular weight excluding hydrogens is 308 g/mol. The molecule has 2 heterocycles. The largest absolute Gasteiger partial charge is 0.461 e. The maximum absolute atomic E-state index is 12.9. The number of ether oxygens (including phenoxy) is 2. The third kappa shape index (κ3) is 3.18. The predicted molar refractivity (Wildman–Crippen MR) is 80.4 cm³/mol. The Morgan fingerprint density at radius 3 is 2.73 bits per heavy atom. The molecule has 1 aromatic heterocycles. The van der Waals surface area contributed by atoms with Crippen molar-refractivity contribution in [3.05, 3.63) is 17.0 Å². The SMILES string of the molecule is CCOC(=O)c1[nH]c(C)c(S(=O)(=O)N2CCCOCC2)c1C. The van der Waals surface area contributed by atoms with Crippen molar-refractivity contribution in [1.82, 2.24) is 9.29 Å². The first-order chi connectivity index (χ1) is 10.4. The average molecular weight is 330 g/mol. The van der Waals surface area contributed by atoms with E-state index in [0.717, 1.165) is 0 Å². The Morgan fingerprint density at radius 2 is 2.05 bits per heavy atom. The Hall–Kier alpha value is -1.38. The second kappa shape index (κ2) is 6.80. The number of H-pyrrole nitrogens is 1. The van der Waals surface area contributed by atoms with Gasteiger partial charge in [-0.3, -0.25) is 0 Å². The highest BCUT2D eigenvalue weighted by atomic mass is 32.2. The van der Waals surface area contributed by atoms with Gasteiger partial charge in [0.1, 0.15) is 10.6 Å². The topological polar surface area (TPSA) is 88.7 Å². The van der Waals surface area contributed by atoms with Crippen LogP contribution < -0.4 is 0 Å². The number of aromatic nitrogens is 1. The number of carbonyl (C=O) groups excluding carboxylic acids is 1. The molecular formula is C14H22N2O5S. The van der Waals surface area contributed by atoms with Gasteiger partial charge in [0.05, 0.1) is 13.2 Å². The second-order valence-electron chi connectivity index (χ2n) is 5.17. The maximum Gasteiger partial charge on any atom is 0.355 e. The van der Waals surface area contributed by atoms with Crippen LogP contribution >= 0.6 is 0 Å². The first kappa shape index (κ1) is 17.0. The van der Waals surface area contributed by atoms with E-state index in [1.807, 2.05) is 0 Å². The summed E-state index contributed by atoms with van der Waals surface area (Å²) < 4.78 is 37.4.